The highest BCUT2D eigenvalue weighted by molar-refractivity contribution is 7.09. The fourth-order valence-electron chi connectivity index (χ4n) is 3.58. The second-order valence-electron chi connectivity index (χ2n) is 8.18. The summed E-state index contributed by atoms with van der Waals surface area (Å²) in [6.45, 7) is 1.48. The number of ketones is 1. The monoisotopic (exact) mass is 496 g/mol. The molecule has 0 aliphatic heterocycles. The van der Waals surface area contributed by atoms with Crippen molar-refractivity contribution in [3.05, 3.63) is 40.7 Å². The Morgan fingerprint density at radius 3 is 2.59 bits per heavy atom. The quantitative estimate of drug-likeness (QED) is 0.431. The summed E-state index contributed by atoms with van der Waals surface area (Å²) in [6, 6.07) is 0.935. The zero-order chi connectivity index (χ0) is 24.7. The summed E-state index contributed by atoms with van der Waals surface area (Å²) in [7, 11) is 0. The number of nitrogens with zero attached hydrogens (tertiary/aromatic N) is 1. The number of carbonyl (C=O) groups is 4. The molecule has 12 heteroatoms. The van der Waals surface area contributed by atoms with E-state index in [-0.39, 0.29) is 38.6 Å². The van der Waals surface area contributed by atoms with Crippen LogP contribution in [0.2, 0.25) is 0 Å². The molecule has 184 valence electrons. The summed E-state index contributed by atoms with van der Waals surface area (Å²) in [6.07, 6.45) is 2.22. The summed E-state index contributed by atoms with van der Waals surface area (Å²) < 4.78 is 31.9. The van der Waals surface area contributed by atoms with E-state index in [2.05, 4.69) is 20.9 Å². The van der Waals surface area contributed by atoms with Gasteiger partial charge in [-0.3, -0.25) is 19.2 Å². The molecule has 0 spiro atoms. The highest BCUT2D eigenvalue weighted by atomic mass is 32.1. The van der Waals surface area contributed by atoms with Crippen molar-refractivity contribution in [1.29, 1.82) is 0 Å². The number of amides is 3. The van der Waals surface area contributed by atoms with Gasteiger partial charge in [0.15, 0.2) is 0 Å². The lowest BCUT2D eigenvalue weighted by atomic mass is 9.86. The Labute approximate surface area is 198 Å². The van der Waals surface area contributed by atoms with E-state index in [0.717, 1.165) is 0 Å². The number of carbonyl (C=O) groups excluding carboxylic acids is 4. The first-order valence-electron chi connectivity index (χ1n) is 10.9. The number of aromatic nitrogens is 1. The van der Waals surface area contributed by atoms with Gasteiger partial charge >= 0.3 is 0 Å². The van der Waals surface area contributed by atoms with Gasteiger partial charge in [0.05, 0.1) is 12.8 Å². The molecule has 2 aromatic rings. The van der Waals surface area contributed by atoms with Gasteiger partial charge in [-0.2, -0.15) is 0 Å². The lowest BCUT2D eigenvalue weighted by Crippen LogP contribution is -2.54. The van der Waals surface area contributed by atoms with Gasteiger partial charge in [0.1, 0.15) is 22.9 Å². The van der Waals surface area contributed by atoms with Gasteiger partial charge in [0.2, 0.25) is 23.5 Å². The van der Waals surface area contributed by atoms with Crippen molar-refractivity contribution in [3.8, 4) is 0 Å². The lowest BCUT2D eigenvalue weighted by Gasteiger charge is -2.28. The predicted molar refractivity (Wildman–Crippen MR) is 118 cm³/mol. The Morgan fingerprint density at radius 1 is 1.24 bits per heavy atom. The highest BCUT2D eigenvalue weighted by Gasteiger charge is 2.38. The third kappa shape index (κ3) is 7.17. The molecule has 2 atom stereocenters. The van der Waals surface area contributed by atoms with E-state index >= 15 is 0 Å². The van der Waals surface area contributed by atoms with E-state index in [1.807, 2.05) is 0 Å². The Bertz CT molecular complexity index is 987. The molecular weight excluding hydrogens is 470 g/mol. The Hall–Kier alpha value is -3.15. The fourth-order valence-corrected chi connectivity index (χ4v) is 4.13. The third-order valence-corrected chi connectivity index (χ3v) is 6.35. The molecule has 0 bridgehead atoms. The van der Waals surface area contributed by atoms with E-state index in [0.29, 0.717) is 10.8 Å². The van der Waals surface area contributed by atoms with Crippen LogP contribution in [0.15, 0.2) is 34.4 Å². The van der Waals surface area contributed by atoms with Crippen LogP contribution in [0.25, 0.3) is 0 Å². The molecule has 0 saturated heterocycles. The van der Waals surface area contributed by atoms with Crippen molar-refractivity contribution in [2.45, 2.75) is 63.6 Å². The van der Waals surface area contributed by atoms with Crippen LogP contribution in [-0.4, -0.2) is 46.5 Å². The Balaban J connectivity index is 1.58. The molecule has 1 aliphatic carbocycles. The maximum Gasteiger partial charge on any atom is 0.289 e. The van der Waals surface area contributed by atoms with E-state index < -0.39 is 47.4 Å². The van der Waals surface area contributed by atoms with Gasteiger partial charge in [-0.15, -0.1) is 11.3 Å². The van der Waals surface area contributed by atoms with Crippen molar-refractivity contribution in [2.75, 3.05) is 0 Å². The summed E-state index contributed by atoms with van der Waals surface area (Å²) in [5.41, 5.74) is 0. The number of Topliss-reactive ketones (excluding diaryl/α,β-unsaturated/α-hetero) is 1. The van der Waals surface area contributed by atoms with Gasteiger partial charge < -0.3 is 20.4 Å². The molecule has 3 N–H and O–H groups in total. The first-order chi connectivity index (χ1) is 16.1. The average molecular weight is 497 g/mol. The maximum atomic E-state index is 13.3. The highest BCUT2D eigenvalue weighted by Crippen LogP contribution is 2.36. The second kappa shape index (κ2) is 11.3. The number of rotatable bonds is 10. The topological polar surface area (TPSA) is 130 Å². The van der Waals surface area contributed by atoms with Crippen LogP contribution >= 0.6 is 11.3 Å². The van der Waals surface area contributed by atoms with Gasteiger partial charge in [0, 0.05) is 36.8 Å². The van der Waals surface area contributed by atoms with Crippen LogP contribution in [0.1, 0.15) is 43.4 Å². The molecule has 3 amide bonds. The number of furan rings is 1. The summed E-state index contributed by atoms with van der Waals surface area (Å²) in [5.74, 6) is -5.95. The van der Waals surface area contributed by atoms with Crippen LogP contribution in [0.4, 0.5) is 8.78 Å². The van der Waals surface area contributed by atoms with E-state index in [1.165, 1.54) is 24.5 Å². The molecule has 2 aromatic heterocycles. The number of thiazole rings is 1. The Morgan fingerprint density at radius 2 is 1.97 bits per heavy atom. The van der Waals surface area contributed by atoms with Crippen molar-refractivity contribution in [1.82, 2.24) is 20.9 Å². The first kappa shape index (κ1) is 25.5. The van der Waals surface area contributed by atoms with Crippen molar-refractivity contribution < 1.29 is 32.4 Å². The number of alkyl halides is 2. The number of halogens is 2. The predicted octanol–water partition coefficient (Wildman–Crippen LogP) is 1.98. The SMILES string of the molecule is C[C@@H](NC(=O)C1CCC(F)(F)CC1)C(=O)N[C@H](Cc1ccco1)C(=O)C(=O)NCc1nccs1. The molecule has 9 nitrogen and oxygen atoms in total. The first-order valence-corrected chi connectivity index (χ1v) is 11.7. The molecule has 3 rings (SSSR count). The molecule has 0 radical (unpaired) electrons. The van der Waals surface area contributed by atoms with E-state index in [1.54, 1.807) is 23.7 Å². The number of hydrogen-bond acceptors (Lipinski definition) is 7. The zero-order valence-corrected chi connectivity index (χ0v) is 19.3. The third-order valence-electron chi connectivity index (χ3n) is 5.57. The molecule has 0 aromatic carbocycles. The minimum Gasteiger partial charge on any atom is -0.469 e. The molecule has 0 unspecified atom stereocenters. The van der Waals surface area contributed by atoms with Crippen LogP contribution in [0, 0.1) is 5.92 Å². The van der Waals surface area contributed by atoms with Crippen molar-refractivity contribution in [3.63, 3.8) is 0 Å². The van der Waals surface area contributed by atoms with Crippen LogP contribution in [0.5, 0.6) is 0 Å². The van der Waals surface area contributed by atoms with Crippen LogP contribution in [-0.2, 0) is 32.1 Å². The Kier molecular flexibility index (Phi) is 8.48. The molecule has 34 heavy (non-hydrogen) atoms. The average Bonchev–Trinajstić information content (AvgIpc) is 3.50. The largest absolute Gasteiger partial charge is 0.469 e. The molecular formula is C22H26F2N4O5S. The lowest BCUT2D eigenvalue weighted by molar-refractivity contribution is -0.140. The van der Waals surface area contributed by atoms with Crippen LogP contribution in [0.3, 0.4) is 0 Å². The summed E-state index contributed by atoms with van der Waals surface area (Å²) in [4.78, 5) is 54.3. The fraction of sp³-hybridized carbons (Fsp3) is 0.500. The molecule has 1 aliphatic rings. The van der Waals surface area contributed by atoms with Gasteiger partial charge in [-0.05, 0) is 31.9 Å². The van der Waals surface area contributed by atoms with Gasteiger partial charge in [0.25, 0.3) is 5.91 Å². The standard InChI is InChI=1S/C22H26F2N4O5S/c1-13(27-20(31)14-4-6-22(23,24)7-5-14)19(30)28-16(11-15-3-2-9-33-15)18(29)21(32)26-12-17-25-8-10-34-17/h2-3,8-10,13-14,16H,4-7,11-12H2,1H3,(H,26,32)(H,27,31)(H,28,30)/t13-,16-/m1/s1. The van der Waals surface area contributed by atoms with Gasteiger partial charge in [-0.25, -0.2) is 13.8 Å². The maximum absolute atomic E-state index is 13.3. The van der Waals surface area contributed by atoms with Gasteiger partial charge in [-0.1, -0.05) is 0 Å². The number of nitrogens with one attached hydrogen (secondary N) is 3. The molecule has 1 fully saturated rings. The van der Waals surface area contributed by atoms with E-state index in [9.17, 15) is 28.0 Å². The zero-order valence-electron chi connectivity index (χ0n) is 18.5. The smallest absolute Gasteiger partial charge is 0.289 e. The number of hydrogen-bond donors (Lipinski definition) is 3. The molecule has 2 heterocycles. The van der Waals surface area contributed by atoms with Crippen LogP contribution < -0.4 is 16.0 Å². The normalized spacial score (nSPS) is 17.4. The second-order valence-corrected chi connectivity index (χ2v) is 9.16. The minimum absolute atomic E-state index is 0.0338. The summed E-state index contributed by atoms with van der Waals surface area (Å²) >= 11 is 1.32. The minimum atomic E-state index is -2.76. The van der Waals surface area contributed by atoms with E-state index in [4.69, 9.17) is 4.42 Å². The van der Waals surface area contributed by atoms with Crippen molar-refractivity contribution in [2.24, 2.45) is 5.92 Å². The van der Waals surface area contributed by atoms with Crippen molar-refractivity contribution >= 4 is 34.8 Å². The molecule has 1 saturated carbocycles. The summed E-state index contributed by atoms with van der Waals surface area (Å²) in [5, 5.41) is 9.83.